The van der Waals surface area contributed by atoms with Crippen molar-refractivity contribution in [3.05, 3.63) is 11.6 Å². The Labute approximate surface area is 206 Å². The Morgan fingerprint density at radius 1 is 0.941 bits per heavy atom. The Morgan fingerprint density at radius 3 is 2.26 bits per heavy atom. The first kappa shape index (κ1) is 24.8. The number of aliphatic carboxylic acids is 1. The number of rotatable bonds is 1. The summed E-state index contributed by atoms with van der Waals surface area (Å²) in [6, 6.07) is 0. The highest BCUT2D eigenvalue weighted by Crippen LogP contribution is 2.75. The maximum Gasteiger partial charge on any atom is 0.310 e. The molecule has 0 radical (unpaired) electrons. The molecule has 0 saturated heterocycles. The molecule has 5 aliphatic rings. The summed E-state index contributed by atoms with van der Waals surface area (Å²) in [5.41, 5.74) is 0.574. The van der Waals surface area contributed by atoms with Gasteiger partial charge in [-0.1, -0.05) is 60.1 Å². The highest BCUT2D eigenvalue weighted by molar-refractivity contribution is 5.76. The second kappa shape index (κ2) is 7.34. The Hall–Kier alpha value is -0.870. The predicted octanol–water partition coefficient (Wildman–Crippen LogP) is 6.06. The highest BCUT2D eigenvalue weighted by atomic mass is 16.4. The summed E-state index contributed by atoms with van der Waals surface area (Å²) in [7, 11) is 0. The Morgan fingerprint density at radius 2 is 1.62 bits per heavy atom. The van der Waals surface area contributed by atoms with Gasteiger partial charge in [0.05, 0.1) is 17.6 Å². The summed E-state index contributed by atoms with van der Waals surface area (Å²) in [6.07, 6.45) is 8.53. The van der Waals surface area contributed by atoms with E-state index in [1.54, 1.807) is 0 Å². The molecule has 4 nitrogen and oxygen atoms in total. The number of carboxylic acid groups (broad SMARTS) is 1. The lowest BCUT2D eigenvalue weighted by Gasteiger charge is -2.71. The smallest absolute Gasteiger partial charge is 0.310 e. The monoisotopic (exact) mass is 472 g/mol. The van der Waals surface area contributed by atoms with Gasteiger partial charge in [0.25, 0.3) is 0 Å². The minimum absolute atomic E-state index is 0.00993. The van der Waals surface area contributed by atoms with Crippen LogP contribution in [0.4, 0.5) is 0 Å². The topological polar surface area (TPSA) is 77.8 Å². The summed E-state index contributed by atoms with van der Waals surface area (Å²) < 4.78 is 0. The van der Waals surface area contributed by atoms with Gasteiger partial charge in [0.2, 0.25) is 0 Å². The van der Waals surface area contributed by atoms with Crippen LogP contribution >= 0.6 is 0 Å². The van der Waals surface area contributed by atoms with Crippen LogP contribution in [0.1, 0.15) is 99.8 Å². The highest BCUT2D eigenvalue weighted by Gasteiger charge is 2.70. The van der Waals surface area contributed by atoms with E-state index >= 15 is 0 Å². The van der Waals surface area contributed by atoms with Crippen LogP contribution in [0, 0.1) is 56.7 Å². The zero-order valence-corrected chi connectivity index (χ0v) is 22.5. The van der Waals surface area contributed by atoms with Gasteiger partial charge >= 0.3 is 5.97 Å². The van der Waals surface area contributed by atoms with E-state index in [-0.39, 0.29) is 27.6 Å². The van der Waals surface area contributed by atoms with Crippen molar-refractivity contribution in [3.63, 3.8) is 0 Å². The van der Waals surface area contributed by atoms with Crippen molar-refractivity contribution in [2.24, 2.45) is 56.7 Å². The van der Waals surface area contributed by atoms with Gasteiger partial charge in [-0.05, 0) is 103 Å². The molecule has 11 atom stereocenters. The van der Waals surface area contributed by atoms with Crippen LogP contribution in [0.2, 0.25) is 0 Å². The van der Waals surface area contributed by atoms with Crippen LogP contribution in [0.15, 0.2) is 11.6 Å². The van der Waals surface area contributed by atoms with E-state index in [0.717, 1.165) is 44.9 Å². The van der Waals surface area contributed by atoms with Crippen molar-refractivity contribution in [3.8, 4) is 0 Å². The third kappa shape index (κ3) is 2.76. The first-order valence-corrected chi connectivity index (χ1v) is 14.0. The molecular formula is C30H48O4. The van der Waals surface area contributed by atoms with Crippen LogP contribution < -0.4 is 0 Å². The van der Waals surface area contributed by atoms with Crippen molar-refractivity contribution < 1.29 is 20.1 Å². The average molecular weight is 473 g/mol. The third-order valence-electron chi connectivity index (χ3n) is 13.4. The molecular weight excluding hydrogens is 424 g/mol. The molecule has 4 fully saturated rings. The van der Waals surface area contributed by atoms with Crippen molar-refractivity contribution in [2.45, 2.75) is 112 Å². The van der Waals surface area contributed by atoms with E-state index in [1.165, 1.54) is 5.57 Å². The number of carboxylic acids is 1. The summed E-state index contributed by atoms with van der Waals surface area (Å²) in [6.45, 7) is 16.3. The van der Waals surface area contributed by atoms with Crippen molar-refractivity contribution in [1.29, 1.82) is 0 Å². The minimum atomic E-state index is -0.679. The standard InChI is InChI=1S/C30H48O4/c1-17-10-13-30(25(33)34)15-14-28(6)19(23(30)18(17)2)8-9-22-27(5)16-20(31)24(32)26(3,4)21(27)11-12-29(22,28)7/h8,17-18,20-24,31-32H,9-16H2,1-7H3,(H,33,34)/t17-,18?,20?,21?,22?,23?,24?,27?,28-,29?,30?/m1/s1. The number of hydrogen-bond donors (Lipinski definition) is 3. The zero-order valence-electron chi connectivity index (χ0n) is 22.5. The fourth-order valence-corrected chi connectivity index (χ4v) is 11.0. The van der Waals surface area contributed by atoms with Crippen molar-refractivity contribution in [2.75, 3.05) is 0 Å². The molecule has 192 valence electrons. The number of fused-ring (bicyclic) bond motifs is 7. The van der Waals surface area contributed by atoms with E-state index in [4.69, 9.17) is 0 Å². The molecule has 5 aliphatic carbocycles. The SMILES string of the molecule is CC1C2C3=CCC4C5(C)CC(O)C(O)C(C)(C)C5CCC4(C)[C@]3(C)CCC2(C(=O)O)CC[C@H]1C. The maximum absolute atomic E-state index is 12.8. The van der Waals surface area contributed by atoms with Crippen molar-refractivity contribution in [1.82, 2.24) is 0 Å². The normalized spacial score (nSPS) is 56.3. The minimum Gasteiger partial charge on any atom is -0.481 e. The second-order valence-corrected chi connectivity index (χ2v) is 14.6. The van der Waals surface area contributed by atoms with E-state index < -0.39 is 23.6 Å². The van der Waals surface area contributed by atoms with Gasteiger partial charge in [-0.2, -0.15) is 0 Å². The molecule has 5 rings (SSSR count). The van der Waals surface area contributed by atoms with Gasteiger partial charge in [-0.3, -0.25) is 4.79 Å². The summed E-state index contributed by atoms with van der Waals surface area (Å²) in [5.74, 6) is 1.30. The molecule has 9 unspecified atom stereocenters. The van der Waals surface area contributed by atoms with Crippen molar-refractivity contribution >= 4 is 5.97 Å². The number of hydrogen-bond acceptors (Lipinski definition) is 3. The molecule has 3 N–H and O–H groups in total. The molecule has 0 amide bonds. The first-order valence-electron chi connectivity index (χ1n) is 14.0. The van der Waals surface area contributed by atoms with Crippen LogP contribution in [0.5, 0.6) is 0 Å². The molecule has 4 saturated carbocycles. The van der Waals surface area contributed by atoms with Crippen LogP contribution in [0.25, 0.3) is 0 Å². The number of aliphatic hydroxyl groups is 2. The van der Waals surface area contributed by atoms with Gasteiger partial charge < -0.3 is 15.3 Å². The molecule has 0 aromatic carbocycles. The van der Waals surface area contributed by atoms with Gasteiger partial charge in [-0.25, -0.2) is 0 Å². The first-order chi connectivity index (χ1) is 15.7. The summed E-state index contributed by atoms with van der Waals surface area (Å²) >= 11 is 0. The zero-order chi connectivity index (χ0) is 25.1. The maximum atomic E-state index is 12.8. The van der Waals surface area contributed by atoms with E-state index in [1.807, 2.05) is 0 Å². The van der Waals surface area contributed by atoms with E-state index in [0.29, 0.717) is 30.1 Å². The largest absolute Gasteiger partial charge is 0.481 e. The Balaban J connectivity index is 1.62. The van der Waals surface area contributed by atoms with E-state index in [9.17, 15) is 20.1 Å². The molecule has 0 bridgehead atoms. The van der Waals surface area contributed by atoms with Crippen LogP contribution in [-0.4, -0.2) is 33.5 Å². The fourth-order valence-electron chi connectivity index (χ4n) is 11.0. The van der Waals surface area contributed by atoms with Crippen LogP contribution in [-0.2, 0) is 4.79 Å². The predicted molar refractivity (Wildman–Crippen MR) is 134 cm³/mol. The number of aliphatic hydroxyl groups excluding tert-OH is 2. The van der Waals surface area contributed by atoms with Gasteiger partial charge in [0.15, 0.2) is 0 Å². The van der Waals surface area contributed by atoms with Gasteiger partial charge in [-0.15, -0.1) is 0 Å². The summed E-state index contributed by atoms with van der Waals surface area (Å²) in [5, 5.41) is 32.4. The lowest BCUT2D eigenvalue weighted by atomic mass is 9.33. The molecule has 0 aliphatic heterocycles. The molecule has 4 heteroatoms. The van der Waals surface area contributed by atoms with Gasteiger partial charge in [0.1, 0.15) is 0 Å². The van der Waals surface area contributed by atoms with Crippen LogP contribution in [0.3, 0.4) is 0 Å². The Bertz CT molecular complexity index is 907. The molecule has 0 spiro atoms. The quantitative estimate of drug-likeness (QED) is 0.405. The molecule has 0 aromatic heterocycles. The summed E-state index contributed by atoms with van der Waals surface area (Å²) in [4.78, 5) is 12.8. The second-order valence-electron chi connectivity index (χ2n) is 14.6. The van der Waals surface area contributed by atoms with Gasteiger partial charge in [0, 0.05) is 0 Å². The Kier molecular flexibility index (Phi) is 5.36. The fraction of sp³-hybridized carbons (Fsp3) is 0.900. The number of carbonyl (C=O) groups is 1. The molecule has 0 aromatic rings. The lowest BCUT2D eigenvalue weighted by Crippen LogP contribution is -2.67. The molecule has 0 heterocycles. The average Bonchev–Trinajstić information content (AvgIpc) is 2.75. The molecule has 34 heavy (non-hydrogen) atoms. The number of allylic oxidation sites excluding steroid dienone is 2. The lowest BCUT2D eigenvalue weighted by molar-refractivity contribution is -0.232. The third-order valence-corrected chi connectivity index (χ3v) is 13.4. The van der Waals surface area contributed by atoms with E-state index in [2.05, 4.69) is 54.5 Å².